The molecule has 0 fully saturated rings. The van der Waals surface area contributed by atoms with Gasteiger partial charge in [-0.05, 0) is 48.9 Å². The molecule has 0 bridgehead atoms. The molecule has 0 aliphatic carbocycles. The maximum absolute atomic E-state index is 6.05. The zero-order valence-corrected chi connectivity index (χ0v) is 11.3. The number of halogens is 2. The molecule has 0 spiro atoms. The van der Waals surface area contributed by atoms with Crippen molar-refractivity contribution >= 4 is 23.2 Å². The Kier molecular flexibility index (Phi) is 4.59. The summed E-state index contributed by atoms with van der Waals surface area (Å²) in [6.07, 6.45) is 2.60. The van der Waals surface area contributed by atoms with E-state index in [9.17, 15) is 0 Å². The monoisotopic (exact) mass is 280 g/mol. The quantitative estimate of drug-likeness (QED) is 0.924. The Morgan fingerprint density at radius 1 is 1.11 bits per heavy atom. The first-order valence-electron chi connectivity index (χ1n) is 5.77. The molecule has 2 N–H and O–H groups in total. The van der Waals surface area contributed by atoms with Gasteiger partial charge >= 0.3 is 0 Å². The van der Waals surface area contributed by atoms with Crippen LogP contribution in [-0.2, 0) is 0 Å². The van der Waals surface area contributed by atoms with E-state index in [0.717, 1.165) is 17.7 Å². The molecule has 18 heavy (non-hydrogen) atoms. The topological polar surface area (TPSA) is 38.9 Å². The number of nitrogens with zero attached hydrogens (tertiary/aromatic N) is 1. The second-order valence-corrected chi connectivity index (χ2v) is 4.96. The number of hydrogen-bond acceptors (Lipinski definition) is 2. The highest BCUT2D eigenvalue weighted by atomic mass is 35.5. The summed E-state index contributed by atoms with van der Waals surface area (Å²) in [6.45, 7) is 0.589. The average Bonchev–Trinajstić information content (AvgIpc) is 2.36. The summed E-state index contributed by atoms with van der Waals surface area (Å²) >= 11 is 12.1. The van der Waals surface area contributed by atoms with Crippen LogP contribution in [0.4, 0.5) is 0 Å². The van der Waals surface area contributed by atoms with E-state index in [0.29, 0.717) is 16.6 Å². The SMILES string of the molecule is NCC[C@H](c1cc(Cl)cc(Cl)c1)c1ccccn1. The van der Waals surface area contributed by atoms with Gasteiger partial charge in [-0.1, -0.05) is 29.3 Å². The van der Waals surface area contributed by atoms with Crippen molar-refractivity contribution in [1.82, 2.24) is 4.98 Å². The molecule has 0 amide bonds. The minimum absolute atomic E-state index is 0.132. The first-order valence-corrected chi connectivity index (χ1v) is 6.53. The lowest BCUT2D eigenvalue weighted by Gasteiger charge is -2.16. The summed E-state index contributed by atoms with van der Waals surface area (Å²) in [4.78, 5) is 4.39. The van der Waals surface area contributed by atoms with E-state index in [1.807, 2.05) is 30.3 Å². The van der Waals surface area contributed by atoms with Gasteiger partial charge in [0.05, 0.1) is 0 Å². The summed E-state index contributed by atoms with van der Waals surface area (Å²) in [5.74, 6) is 0.132. The molecule has 1 heterocycles. The van der Waals surface area contributed by atoms with Crippen molar-refractivity contribution in [3.63, 3.8) is 0 Å². The van der Waals surface area contributed by atoms with Crippen LogP contribution in [-0.4, -0.2) is 11.5 Å². The highest BCUT2D eigenvalue weighted by Crippen LogP contribution is 2.30. The predicted octanol–water partition coefficient (Wildman–Crippen LogP) is 3.87. The Labute approximate surface area is 117 Å². The minimum atomic E-state index is 0.132. The van der Waals surface area contributed by atoms with E-state index < -0.39 is 0 Å². The lowest BCUT2D eigenvalue weighted by Crippen LogP contribution is -2.10. The number of rotatable bonds is 4. The van der Waals surface area contributed by atoms with Crippen molar-refractivity contribution in [2.75, 3.05) is 6.54 Å². The van der Waals surface area contributed by atoms with E-state index in [2.05, 4.69) is 4.98 Å². The Balaban J connectivity index is 2.41. The van der Waals surface area contributed by atoms with E-state index in [4.69, 9.17) is 28.9 Å². The fourth-order valence-corrected chi connectivity index (χ4v) is 2.55. The third-order valence-electron chi connectivity index (χ3n) is 2.79. The summed E-state index contributed by atoms with van der Waals surface area (Å²) < 4.78 is 0. The Hall–Kier alpha value is -1.09. The van der Waals surface area contributed by atoms with Crippen molar-refractivity contribution in [2.24, 2.45) is 5.73 Å². The zero-order valence-electron chi connectivity index (χ0n) is 9.81. The van der Waals surface area contributed by atoms with Gasteiger partial charge < -0.3 is 5.73 Å². The summed E-state index contributed by atoms with van der Waals surface area (Å²) in [5.41, 5.74) is 7.73. The smallest absolute Gasteiger partial charge is 0.0478 e. The largest absolute Gasteiger partial charge is 0.330 e. The number of aromatic nitrogens is 1. The second-order valence-electron chi connectivity index (χ2n) is 4.09. The van der Waals surface area contributed by atoms with Gasteiger partial charge in [-0.2, -0.15) is 0 Å². The third-order valence-corrected chi connectivity index (χ3v) is 3.22. The van der Waals surface area contributed by atoms with Crippen LogP contribution in [0.1, 0.15) is 23.6 Å². The van der Waals surface area contributed by atoms with Crippen molar-refractivity contribution in [3.8, 4) is 0 Å². The maximum Gasteiger partial charge on any atom is 0.0478 e. The number of benzene rings is 1. The summed E-state index contributed by atoms with van der Waals surface area (Å²) in [7, 11) is 0. The highest BCUT2D eigenvalue weighted by molar-refractivity contribution is 6.34. The van der Waals surface area contributed by atoms with Crippen LogP contribution >= 0.6 is 23.2 Å². The van der Waals surface area contributed by atoms with Gasteiger partial charge in [0.15, 0.2) is 0 Å². The molecule has 0 unspecified atom stereocenters. The molecule has 4 heteroatoms. The maximum atomic E-state index is 6.05. The minimum Gasteiger partial charge on any atom is -0.330 e. The molecule has 1 atom stereocenters. The molecule has 0 aliphatic rings. The molecule has 2 rings (SSSR count). The number of nitrogens with two attached hydrogens (primary N) is 1. The Morgan fingerprint density at radius 2 is 1.83 bits per heavy atom. The molecule has 94 valence electrons. The van der Waals surface area contributed by atoms with Crippen molar-refractivity contribution in [1.29, 1.82) is 0 Å². The molecule has 1 aromatic heterocycles. The van der Waals surface area contributed by atoms with Crippen LogP contribution in [0, 0.1) is 0 Å². The second kappa shape index (κ2) is 6.19. The van der Waals surface area contributed by atoms with Gasteiger partial charge in [0.25, 0.3) is 0 Å². The Morgan fingerprint density at radius 3 is 2.39 bits per heavy atom. The summed E-state index contributed by atoms with van der Waals surface area (Å²) in [6, 6.07) is 11.4. The number of pyridine rings is 1. The highest BCUT2D eigenvalue weighted by Gasteiger charge is 2.15. The van der Waals surface area contributed by atoms with Gasteiger partial charge in [-0.3, -0.25) is 4.98 Å². The molecule has 2 aromatic rings. The third kappa shape index (κ3) is 3.22. The lowest BCUT2D eigenvalue weighted by molar-refractivity contribution is 0.706. The van der Waals surface area contributed by atoms with Gasteiger partial charge in [-0.25, -0.2) is 0 Å². The molecule has 0 saturated carbocycles. The van der Waals surface area contributed by atoms with E-state index >= 15 is 0 Å². The molecule has 0 radical (unpaired) electrons. The van der Waals surface area contributed by atoms with Crippen LogP contribution in [0.5, 0.6) is 0 Å². The molecule has 0 saturated heterocycles. The van der Waals surface area contributed by atoms with Crippen molar-refractivity contribution in [3.05, 3.63) is 63.9 Å². The van der Waals surface area contributed by atoms with E-state index in [-0.39, 0.29) is 5.92 Å². The van der Waals surface area contributed by atoms with Crippen LogP contribution < -0.4 is 5.73 Å². The average molecular weight is 281 g/mol. The van der Waals surface area contributed by atoms with Crippen LogP contribution in [0.3, 0.4) is 0 Å². The van der Waals surface area contributed by atoms with E-state index in [1.165, 1.54) is 0 Å². The van der Waals surface area contributed by atoms with Crippen LogP contribution in [0.25, 0.3) is 0 Å². The lowest BCUT2D eigenvalue weighted by atomic mass is 9.92. The van der Waals surface area contributed by atoms with Crippen molar-refractivity contribution < 1.29 is 0 Å². The number of hydrogen-bond donors (Lipinski definition) is 1. The summed E-state index contributed by atoms with van der Waals surface area (Å²) in [5, 5.41) is 1.27. The van der Waals surface area contributed by atoms with Crippen LogP contribution in [0.2, 0.25) is 10.0 Å². The van der Waals surface area contributed by atoms with Gasteiger partial charge in [-0.15, -0.1) is 0 Å². The van der Waals surface area contributed by atoms with Crippen molar-refractivity contribution in [2.45, 2.75) is 12.3 Å². The molecular formula is C14H14Cl2N2. The molecule has 0 aliphatic heterocycles. The predicted molar refractivity (Wildman–Crippen MR) is 76.2 cm³/mol. The molecule has 1 aromatic carbocycles. The fourth-order valence-electron chi connectivity index (χ4n) is 2.01. The van der Waals surface area contributed by atoms with Crippen LogP contribution in [0.15, 0.2) is 42.6 Å². The fraction of sp³-hybridized carbons (Fsp3) is 0.214. The van der Waals surface area contributed by atoms with Gasteiger partial charge in [0, 0.05) is 27.9 Å². The Bertz CT molecular complexity index is 494. The van der Waals surface area contributed by atoms with Gasteiger partial charge in [0.1, 0.15) is 0 Å². The first-order chi connectivity index (χ1) is 8.70. The van der Waals surface area contributed by atoms with E-state index in [1.54, 1.807) is 12.3 Å². The zero-order chi connectivity index (χ0) is 13.0. The standard InChI is InChI=1S/C14H14Cl2N2/c15-11-7-10(8-12(16)9-11)13(4-5-17)14-3-1-2-6-18-14/h1-3,6-9,13H,4-5,17H2/t13-/m1/s1. The van der Waals surface area contributed by atoms with Gasteiger partial charge in [0.2, 0.25) is 0 Å². The molecule has 2 nitrogen and oxygen atoms in total. The first kappa shape index (κ1) is 13.3. The molecular weight excluding hydrogens is 267 g/mol. The normalized spacial score (nSPS) is 12.4.